The van der Waals surface area contributed by atoms with E-state index in [0.29, 0.717) is 42.8 Å². The van der Waals surface area contributed by atoms with Crippen LogP contribution in [0.3, 0.4) is 0 Å². The van der Waals surface area contributed by atoms with Crippen molar-refractivity contribution in [3.05, 3.63) is 0 Å². The summed E-state index contributed by atoms with van der Waals surface area (Å²) in [5.41, 5.74) is -1.33. The van der Waals surface area contributed by atoms with Crippen molar-refractivity contribution >= 4 is 5.97 Å². The van der Waals surface area contributed by atoms with E-state index in [1.807, 2.05) is 0 Å². The molecule has 4 aliphatic rings. The molecular weight excluding hydrogens is 466 g/mol. The molecule has 0 spiro atoms. The van der Waals surface area contributed by atoms with Gasteiger partial charge in [0.2, 0.25) is 0 Å². The number of hydrogen-bond acceptors (Lipinski definition) is 6. The molecule has 4 rings (SSSR count). The SMILES string of the molecule is C[C@@H]1N[C@H](C2CCC([C@H]3C#CC[C@H]4C[C@@](C)(CCN4)NC[C@](O)(CC(=O)O)CCCC3)CC2)CC[C@H]1O. The summed E-state index contributed by atoms with van der Waals surface area (Å²) in [6.45, 7) is 5.54. The van der Waals surface area contributed by atoms with Crippen molar-refractivity contribution < 1.29 is 20.1 Å². The fourth-order valence-electron chi connectivity index (χ4n) is 7.48. The van der Waals surface area contributed by atoms with Gasteiger partial charge in [0.1, 0.15) is 0 Å². The third-order valence-corrected chi connectivity index (χ3v) is 9.96. The van der Waals surface area contributed by atoms with Crippen LogP contribution in [0, 0.1) is 29.6 Å². The van der Waals surface area contributed by atoms with Crippen molar-refractivity contribution in [3.63, 3.8) is 0 Å². The minimum absolute atomic E-state index is 0.118. The maximum atomic E-state index is 11.5. The van der Waals surface area contributed by atoms with Gasteiger partial charge in [0.25, 0.3) is 0 Å². The Morgan fingerprint density at radius 2 is 1.78 bits per heavy atom. The normalized spacial score (nSPS) is 44.2. The molecule has 0 aromatic rings. The molecule has 6 N–H and O–H groups in total. The zero-order valence-electron chi connectivity index (χ0n) is 23.1. The Balaban J connectivity index is 1.40. The second-order valence-electron chi connectivity index (χ2n) is 13.1. The van der Waals surface area contributed by atoms with Gasteiger partial charge in [-0.25, -0.2) is 0 Å². The van der Waals surface area contributed by atoms with Crippen LogP contribution in [0.2, 0.25) is 0 Å². The van der Waals surface area contributed by atoms with Gasteiger partial charge in [-0.3, -0.25) is 4.79 Å². The Kier molecular flexibility index (Phi) is 9.96. The Labute approximate surface area is 223 Å². The van der Waals surface area contributed by atoms with E-state index in [9.17, 15) is 20.1 Å². The molecular formula is C30H51N3O4. The van der Waals surface area contributed by atoms with Crippen LogP contribution >= 0.6 is 0 Å². The number of nitrogens with one attached hydrogen (secondary N) is 3. The molecule has 210 valence electrons. The topological polar surface area (TPSA) is 114 Å². The molecule has 3 heterocycles. The molecule has 7 heteroatoms. The highest BCUT2D eigenvalue weighted by atomic mass is 16.4. The van der Waals surface area contributed by atoms with E-state index in [4.69, 9.17) is 0 Å². The molecule has 3 aliphatic heterocycles. The molecule has 3 fully saturated rings. The molecule has 0 aromatic heterocycles. The summed E-state index contributed by atoms with van der Waals surface area (Å²) in [6, 6.07) is 1.04. The number of β-amino-alcohol motifs (C(OH)–C–C–N with tert-alkyl or cyclic N) is 1. The number of aliphatic hydroxyl groups excluding tert-OH is 1. The van der Waals surface area contributed by atoms with Gasteiger partial charge in [-0.15, -0.1) is 5.92 Å². The van der Waals surface area contributed by atoms with Gasteiger partial charge in [0.05, 0.1) is 18.1 Å². The molecule has 1 saturated carbocycles. The van der Waals surface area contributed by atoms with Gasteiger partial charge in [-0.05, 0) is 96.4 Å². The van der Waals surface area contributed by atoms with Crippen LogP contribution in [-0.4, -0.2) is 69.7 Å². The zero-order chi connectivity index (χ0) is 26.5. The largest absolute Gasteiger partial charge is 0.481 e. The highest BCUT2D eigenvalue weighted by molar-refractivity contribution is 5.68. The van der Waals surface area contributed by atoms with Crippen molar-refractivity contribution in [1.82, 2.24) is 16.0 Å². The lowest BCUT2D eigenvalue weighted by molar-refractivity contribution is -0.143. The number of carboxylic acid groups (broad SMARTS) is 1. The molecule has 2 bridgehead atoms. The maximum Gasteiger partial charge on any atom is 0.306 e. The maximum absolute atomic E-state index is 11.5. The highest BCUT2D eigenvalue weighted by Gasteiger charge is 2.37. The van der Waals surface area contributed by atoms with E-state index in [0.717, 1.165) is 57.9 Å². The van der Waals surface area contributed by atoms with Crippen LogP contribution in [0.1, 0.15) is 104 Å². The quantitative estimate of drug-likeness (QED) is 0.318. The summed E-state index contributed by atoms with van der Waals surface area (Å²) in [5.74, 6) is 8.04. The minimum atomic E-state index is -1.21. The lowest BCUT2D eigenvalue weighted by atomic mass is 9.71. The predicted molar refractivity (Wildman–Crippen MR) is 146 cm³/mol. The Hall–Kier alpha value is -1.17. The van der Waals surface area contributed by atoms with Gasteiger partial charge in [0, 0.05) is 42.5 Å². The van der Waals surface area contributed by atoms with Crippen LogP contribution in [-0.2, 0) is 4.79 Å². The molecule has 37 heavy (non-hydrogen) atoms. The van der Waals surface area contributed by atoms with E-state index in [-0.39, 0.29) is 24.1 Å². The molecule has 0 amide bonds. The summed E-state index contributed by atoms with van der Waals surface area (Å²) in [7, 11) is 0. The molecule has 7 atom stereocenters. The van der Waals surface area contributed by atoms with Crippen molar-refractivity contribution in [1.29, 1.82) is 0 Å². The van der Waals surface area contributed by atoms with Crippen LogP contribution in [0.15, 0.2) is 0 Å². The fourth-order valence-corrected chi connectivity index (χ4v) is 7.48. The van der Waals surface area contributed by atoms with Crippen LogP contribution in [0.4, 0.5) is 0 Å². The monoisotopic (exact) mass is 517 g/mol. The first-order valence-electron chi connectivity index (χ1n) is 15.0. The second kappa shape index (κ2) is 12.8. The molecule has 0 aromatic carbocycles. The summed E-state index contributed by atoms with van der Waals surface area (Å²) in [5, 5.41) is 41.7. The Morgan fingerprint density at radius 3 is 2.51 bits per heavy atom. The van der Waals surface area contributed by atoms with Crippen LogP contribution in [0.5, 0.6) is 0 Å². The van der Waals surface area contributed by atoms with Gasteiger partial charge < -0.3 is 31.3 Å². The number of aliphatic carboxylic acids is 1. The van der Waals surface area contributed by atoms with Crippen molar-refractivity contribution in [2.75, 3.05) is 13.1 Å². The van der Waals surface area contributed by atoms with Crippen molar-refractivity contribution in [3.8, 4) is 11.8 Å². The first kappa shape index (κ1) is 28.8. The Bertz CT molecular complexity index is 819. The lowest BCUT2D eigenvalue weighted by Crippen LogP contribution is -2.57. The third-order valence-electron chi connectivity index (χ3n) is 9.96. The second-order valence-corrected chi connectivity index (χ2v) is 13.1. The number of carboxylic acids is 1. The van der Waals surface area contributed by atoms with Crippen molar-refractivity contribution in [2.24, 2.45) is 17.8 Å². The number of carbonyl (C=O) groups is 1. The smallest absolute Gasteiger partial charge is 0.306 e. The molecule has 2 saturated heterocycles. The zero-order valence-corrected chi connectivity index (χ0v) is 23.1. The van der Waals surface area contributed by atoms with Crippen molar-refractivity contribution in [2.45, 2.75) is 139 Å². The minimum Gasteiger partial charge on any atom is -0.481 e. The Morgan fingerprint density at radius 1 is 1.03 bits per heavy atom. The highest BCUT2D eigenvalue weighted by Crippen LogP contribution is 2.39. The standard InChI is InChI=1S/C30H51N3O4/c1-21-27(34)14-13-26(33-21)24-11-9-23(10-12-24)22-6-3-4-15-30(37,19-28(35)36)20-32-29(2)16-17-31-25(18-29)8-5-7-22/h21-27,31-34,37H,3-4,6,8-20H2,1-2H3,(H,35,36)/t21-,22+,23?,24?,25-,26-,27+,29+,30+/m0/s1. The first-order chi connectivity index (χ1) is 17.6. The summed E-state index contributed by atoms with van der Waals surface area (Å²) in [6.07, 6.45) is 12.5. The van der Waals surface area contributed by atoms with Crippen LogP contribution in [0.25, 0.3) is 0 Å². The molecule has 0 radical (unpaired) electrons. The fraction of sp³-hybridized carbons (Fsp3) is 0.900. The number of fused-ring (bicyclic) bond motifs is 2. The average Bonchev–Trinajstić information content (AvgIpc) is 2.85. The van der Waals surface area contributed by atoms with E-state index in [1.54, 1.807) is 0 Å². The predicted octanol–water partition coefficient (Wildman–Crippen LogP) is 3.18. The first-order valence-corrected chi connectivity index (χ1v) is 15.0. The lowest BCUT2D eigenvalue weighted by Gasteiger charge is -2.42. The molecule has 0 unspecified atom stereocenters. The third kappa shape index (κ3) is 8.16. The number of aliphatic hydroxyl groups is 2. The van der Waals surface area contributed by atoms with Crippen LogP contribution < -0.4 is 16.0 Å². The van der Waals surface area contributed by atoms with Gasteiger partial charge >= 0.3 is 5.97 Å². The molecule has 7 nitrogen and oxygen atoms in total. The van der Waals surface area contributed by atoms with Gasteiger partial charge in [0.15, 0.2) is 0 Å². The summed E-state index contributed by atoms with van der Waals surface area (Å²) in [4.78, 5) is 11.5. The van der Waals surface area contributed by atoms with Gasteiger partial charge in [-0.1, -0.05) is 18.8 Å². The summed E-state index contributed by atoms with van der Waals surface area (Å²) < 4.78 is 0. The van der Waals surface area contributed by atoms with E-state index >= 15 is 0 Å². The van der Waals surface area contributed by atoms with E-state index < -0.39 is 11.6 Å². The van der Waals surface area contributed by atoms with Gasteiger partial charge in [-0.2, -0.15) is 0 Å². The van der Waals surface area contributed by atoms with E-state index in [2.05, 4.69) is 41.6 Å². The van der Waals surface area contributed by atoms with E-state index in [1.165, 1.54) is 25.7 Å². The molecule has 1 aliphatic carbocycles. The number of rotatable bonds is 4. The number of hydrogen-bond donors (Lipinski definition) is 6. The number of piperidine rings is 2. The average molecular weight is 518 g/mol. The summed E-state index contributed by atoms with van der Waals surface area (Å²) >= 11 is 0.